The lowest BCUT2D eigenvalue weighted by Crippen LogP contribution is -1.95. The Labute approximate surface area is 121 Å². The molecular weight excluding hydrogens is 280 g/mol. The highest BCUT2D eigenvalue weighted by molar-refractivity contribution is 6.30. The van der Waals surface area contributed by atoms with Gasteiger partial charge in [0.15, 0.2) is 5.82 Å². The van der Waals surface area contributed by atoms with Gasteiger partial charge in [0.05, 0.1) is 0 Å². The van der Waals surface area contributed by atoms with Crippen LogP contribution in [0.15, 0.2) is 28.8 Å². The molecule has 1 aromatic heterocycles. The number of unbranched alkanes of at least 4 members (excludes halogenated alkanes) is 1. The molecule has 5 nitrogen and oxygen atoms in total. The van der Waals surface area contributed by atoms with Gasteiger partial charge in [-0.15, -0.1) is 0 Å². The average Bonchev–Trinajstić information content (AvgIpc) is 2.82. The van der Waals surface area contributed by atoms with E-state index in [1.165, 1.54) is 0 Å². The van der Waals surface area contributed by atoms with Crippen LogP contribution in [0.1, 0.15) is 36.5 Å². The first-order valence-electron chi connectivity index (χ1n) is 6.41. The zero-order valence-electron chi connectivity index (χ0n) is 10.9. The topological polar surface area (TPSA) is 76.2 Å². The zero-order valence-corrected chi connectivity index (χ0v) is 11.6. The van der Waals surface area contributed by atoms with Crippen molar-refractivity contribution in [2.24, 2.45) is 0 Å². The van der Waals surface area contributed by atoms with Crippen molar-refractivity contribution < 1.29 is 14.4 Å². The molecule has 0 saturated carbocycles. The molecule has 2 aromatic rings. The second-order valence-corrected chi connectivity index (χ2v) is 4.95. The molecule has 0 fully saturated rings. The molecule has 0 unspecified atom stereocenters. The quantitative estimate of drug-likeness (QED) is 0.794. The highest BCUT2D eigenvalue weighted by Crippen LogP contribution is 2.14. The Hall–Kier alpha value is -1.88. The lowest BCUT2D eigenvalue weighted by atomic mass is 10.1. The van der Waals surface area contributed by atoms with Gasteiger partial charge in [-0.25, -0.2) is 0 Å². The van der Waals surface area contributed by atoms with E-state index < -0.39 is 5.97 Å². The van der Waals surface area contributed by atoms with Crippen molar-refractivity contribution in [1.82, 2.24) is 10.1 Å². The van der Waals surface area contributed by atoms with E-state index in [1.54, 1.807) is 0 Å². The molecule has 0 saturated heterocycles. The number of carboxylic acids is 1. The Morgan fingerprint density at radius 1 is 1.35 bits per heavy atom. The first kappa shape index (κ1) is 14.5. The summed E-state index contributed by atoms with van der Waals surface area (Å²) in [6.45, 7) is 0. The van der Waals surface area contributed by atoms with Gasteiger partial charge in [-0.3, -0.25) is 4.79 Å². The number of carboxylic acid groups (broad SMARTS) is 1. The van der Waals surface area contributed by atoms with Gasteiger partial charge in [-0.1, -0.05) is 28.9 Å². The van der Waals surface area contributed by atoms with Crippen LogP contribution < -0.4 is 0 Å². The predicted octanol–water partition coefficient (Wildman–Crippen LogP) is 3.11. The van der Waals surface area contributed by atoms with Gasteiger partial charge in [-0.2, -0.15) is 4.98 Å². The Balaban J connectivity index is 1.84. The molecule has 1 aromatic carbocycles. The van der Waals surface area contributed by atoms with Crippen LogP contribution in [0.25, 0.3) is 0 Å². The predicted molar refractivity (Wildman–Crippen MR) is 73.7 cm³/mol. The molecule has 2 rings (SSSR count). The molecule has 0 aliphatic rings. The maximum atomic E-state index is 10.4. The summed E-state index contributed by atoms with van der Waals surface area (Å²) in [4.78, 5) is 14.7. The smallest absolute Gasteiger partial charge is 0.303 e. The minimum absolute atomic E-state index is 0.170. The third-order valence-corrected chi connectivity index (χ3v) is 3.03. The Morgan fingerprint density at radius 2 is 2.20 bits per heavy atom. The van der Waals surface area contributed by atoms with Gasteiger partial charge >= 0.3 is 5.97 Å². The number of aliphatic carboxylic acids is 1. The summed E-state index contributed by atoms with van der Waals surface area (Å²) in [5.74, 6) is 0.380. The maximum Gasteiger partial charge on any atom is 0.303 e. The molecule has 0 radical (unpaired) electrons. The summed E-state index contributed by atoms with van der Waals surface area (Å²) in [6.07, 6.45) is 2.69. The zero-order chi connectivity index (χ0) is 14.4. The van der Waals surface area contributed by atoms with Crippen molar-refractivity contribution in [2.75, 3.05) is 0 Å². The normalized spacial score (nSPS) is 10.7. The van der Waals surface area contributed by atoms with Crippen molar-refractivity contribution in [3.05, 3.63) is 46.6 Å². The highest BCUT2D eigenvalue weighted by atomic mass is 35.5. The number of hydrogen-bond donors (Lipinski definition) is 1. The second-order valence-electron chi connectivity index (χ2n) is 4.51. The van der Waals surface area contributed by atoms with Crippen molar-refractivity contribution >= 4 is 17.6 Å². The number of hydrogen-bond acceptors (Lipinski definition) is 4. The summed E-state index contributed by atoms with van der Waals surface area (Å²) < 4.78 is 5.13. The number of aromatic nitrogens is 2. The largest absolute Gasteiger partial charge is 0.481 e. The van der Waals surface area contributed by atoms with E-state index in [1.807, 2.05) is 24.3 Å². The van der Waals surface area contributed by atoms with Crippen LogP contribution in [0.5, 0.6) is 0 Å². The average molecular weight is 295 g/mol. The molecule has 0 spiro atoms. The number of benzene rings is 1. The Kier molecular flexibility index (Phi) is 5.12. The molecule has 0 aliphatic heterocycles. The molecule has 6 heteroatoms. The van der Waals surface area contributed by atoms with Crippen LogP contribution in [0.2, 0.25) is 5.02 Å². The molecule has 0 aliphatic carbocycles. The highest BCUT2D eigenvalue weighted by Gasteiger charge is 2.07. The maximum absolute atomic E-state index is 10.4. The van der Waals surface area contributed by atoms with Crippen LogP contribution in [-0.2, 0) is 17.6 Å². The van der Waals surface area contributed by atoms with E-state index in [9.17, 15) is 4.79 Å². The standard InChI is InChI=1S/C14H15ClN2O3/c15-11-5-3-4-10(8-11)9-12-16-13(20-17-12)6-1-2-7-14(18)19/h3-5,8H,1-2,6-7,9H2,(H,18,19). The summed E-state index contributed by atoms with van der Waals surface area (Å²) >= 11 is 5.91. The van der Waals surface area contributed by atoms with E-state index in [-0.39, 0.29) is 6.42 Å². The third-order valence-electron chi connectivity index (χ3n) is 2.79. The fraction of sp³-hybridized carbons (Fsp3) is 0.357. The molecule has 0 atom stereocenters. The number of nitrogens with zero attached hydrogens (tertiary/aromatic N) is 2. The molecule has 20 heavy (non-hydrogen) atoms. The van der Waals surface area contributed by atoms with E-state index in [4.69, 9.17) is 21.2 Å². The molecular formula is C14H15ClN2O3. The Bertz CT molecular complexity index is 583. The van der Waals surface area contributed by atoms with Gasteiger partial charge in [0.1, 0.15) is 0 Å². The summed E-state index contributed by atoms with van der Waals surface area (Å²) in [5.41, 5.74) is 1.02. The molecule has 0 bridgehead atoms. The van der Waals surface area contributed by atoms with Crippen LogP contribution in [0.3, 0.4) is 0 Å². The van der Waals surface area contributed by atoms with Gasteiger partial charge in [0.25, 0.3) is 0 Å². The van der Waals surface area contributed by atoms with Gasteiger partial charge < -0.3 is 9.63 Å². The van der Waals surface area contributed by atoms with E-state index in [2.05, 4.69) is 10.1 Å². The van der Waals surface area contributed by atoms with Crippen molar-refractivity contribution in [3.8, 4) is 0 Å². The lowest BCUT2D eigenvalue weighted by molar-refractivity contribution is -0.137. The minimum atomic E-state index is -0.780. The Morgan fingerprint density at radius 3 is 2.95 bits per heavy atom. The number of halogens is 1. The fourth-order valence-corrected chi connectivity index (χ4v) is 2.06. The number of aryl methyl sites for hydroxylation is 1. The third kappa shape index (κ3) is 4.66. The van der Waals surface area contributed by atoms with Gasteiger partial charge in [0, 0.05) is 24.3 Å². The second kappa shape index (κ2) is 7.05. The first-order valence-corrected chi connectivity index (χ1v) is 6.79. The van der Waals surface area contributed by atoms with Gasteiger partial charge in [-0.05, 0) is 30.5 Å². The van der Waals surface area contributed by atoms with Crippen molar-refractivity contribution in [3.63, 3.8) is 0 Å². The van der Waals surface area contributed by atoms with E-state index in [0.717, 1.165) is 12.0 Å². The number of carbonyl (C=O) groups is 1. The summed E-state index contributed by atoms with van der Waals surface area (Å²) in [6, 6.07) is 7.51. The van der Waals surface area contributed by atoms with E-state index >= 15 is 0 Å². The van der Waals surface area contributed by atoms with Crippen LogP contribution in [-0.4, -0.2) is 21.2 Å². The lowest BCUT2D eigenvalue weighted by Gasteiger charge is -1.96. The van der Waals surface area contributed by atoms with E-state index in [0.29, 0.717) is 36.0 Å². The molecule has 106 valence electrons. The van der Waals surface area contributed by atoms with Crippen LogP contribution in [0, 0.1) is 0 Å². The molecule has 1 N–H and O–H groups in total. The SMILES string of the molecule is O=C(O)CCCCc1nc(Cc2cccc(Cl)c2)no1. The minimum Gasteiger partial charge on any atom is -0.481 e. The molecule has 0 amide bonds. The first-order chi connectivity index (χ1) is 9.63. The monoisotopic (exact) mass is 294 g/mol. The van der Waals surface area contributed by atoms with Crippen LogP contribution >= 0.6 is 11.6 Å². The summed E-state index contributed by atoms with van der Waals surface area (Å²) in [5, 5.41) is 13.1. The van der Waals surface area contributed by atoms with Crippen molar-refractivity contribution in [2.45, 2.75) is 32.1 Å². The van der Waals surface area contributed by atoms with Crippen molar-refractivity contribution in [1.29, 1.82) is 0 Å². The van der Waals surface area contributed by atoms with Gasteiger partial charge in [0.2, 0.25) is 5.89 Å². The summed E-state index contributed by atoms with van der Waals surface area (Å²) in [7, 11) is 0. The van der Waals surface area contributed by atoms with Crippen LogP contribution in [0.4, 0.5) is 0 Å². The fourth-order valence-electron chi connectivity index (χ4n) is 1.85. The molecule has 1 heterocycles. The number of rotatable bonds is 7.